The first-order valence-corrected chi connectivity index (χ1v) is 9.90. The Hall–Kier alpha value is -3.47. The van der Waals surface area contributed by atoms with Crippen LogP contribution in [0, 0.1) is 5.92 Å². The van der Waals surface area contributed by atoms with Crippen LogP contribution in [0.4, 0.5) is 0 Å². The molecule has 4 rings (SSSR count). The summed E-state index contributed by atoms with van der Waals surface area (Å²) >= 11 is 0. The van der Waals surface area contributed by atoms with E-state index in [-0.39, 0.29) is 45.6 Å². The zero-order valence-electron chi connectivity index (χ0n) is 17.0. The monoisotopic (exact) mass is 404 g/mol. The van der Waals surface area contributed by atoms with Gasteiger partial charge in [0.1, 0.15) is 34.5 Å². The molecule has 2 aromatic carbocycles. The summed E-state index contributed by atoms with van der Waals surface area (Å²) in [6, 6.07) is 7.39. The van der Waals surface area contributed by atoms with Crippen LogP contribution < -0.4 is 5.43 Å². The molecule has 0 bridgehead atoms. The summed E-state index contributed by atoms with van der Waals surface area (Å²) in [4.78, 5) is 13.3. The fourth-order valence-corrected chi connectivity index (χ4v) is 4.36. The summed E-state index contributed by atoms with van der Waals surface area (Å²) in [6.45, 7) is 8.12. The topological polar surface area (TPSA) is 90.9 Å². The molecule has 0 amide bonds. The van der Waals surface area contributed by atoms with E-state index in [0.29, 0.717) is 11.1 Å². The van der Waals surface area contributed by atoms with E-state index in [2.05, 4.69) is 12.7 Å². The molecule has 0 fully saturated rings. The van der Waals surface area contributed by atoms with Crippen molar-refractivity contribution in [2.45, 2.75) is 32.6 Å². The number of hydrogen-bond acceptors (Lipinski definition) is 5. The van der Waals surface area contributed by atoms with Crippen LogP contribution in [0.1, 0.15) is 38.2 Å². The molecule has 30 heavy (non-hydrogen) atoms. The number of hydrogen-bond donors (Lipinski definition) is 3. The van der Waals surface area contributed by atoms with Gasteiger partial charge in [-0.2, -0.15) is 0 Å². The van der Waals surface area contributed by atoms with Crippen LogP contribution in [0.25, 0.3) is 22.1 Å². The van der Waals surface area contributed by atoms with Gasteiger partial charge >= 0.3 is 0 Å². The van der Waals surface area contributed by atoms with Crippen molar-refractivity contribution in [3.8, 4) is 28.4 Å². The maximum Gasteiger partial charge on any atom is 0.204 e. The number of allylic oxidation sites excluding steroid dienone is 3. The highest BCUT2D eigenvalue weighted by molar-refractivity contribution is 5.91. The third kappa shape index (κ3) is 3.26. The fraction of sp³-hybridized carbons (Fsp3) is 0.240. The fourth-order valence-electron chi connectivity index (χ4n) is 4.36. The van der Waals surface area contributed by atoms with Crippen molar-refractivity contribution >= 4 is 11.0 Å². The van der Waals surface area contributed by atoms with Crippen molar-refractivity contribution < 1.29 is 19.7 Å². The van der Waals surface area contributed by atoms with Gasteiger partial charge in [-0.15, -0.1) is 0 Å². The van der Waals surface area contributed by atoms with Crippen LogP contribution in [-0.2, 0) is 0 Å². The Morgan fingerprint density at radius 1 is 1.13 bits per heavy atom. The van der Waals surface area contributed by atoms with Gasteiger partial charge in [0.2, 0.25) is 5.43 Å². The van der Waals surface area contributed by atoms with Gasteiger partial charge in [0.05, 0.1) is 5.56 Å². The Morgan fingerprint density at radius 3 is 2.50 bits per heavy atom. The predicted octanol–water partition coefficient (Wildman–Crippen LogP) is 5.59. The lowest BCUT2D eigenvalue weighted by molar-refractivity contribution is 0.425. The molecular weight excluding hydrogens is 380 g/mol. The minimum Gasteiger partial charge on any atom is -0.508 e. The van der Waals surface area contributed by atoms with Crippen molar-refractivity contribution in [1.82, 2.24) is 0 Å². The van der Waals surface area contributed by atoms with E-state index < -0.39 is 5.43 Å². The first-order chi connectivity index (χ1) is 14.3. The smallest absolute Gasteiger partial charge is 0.204 e. The Morgan fingerprint density at radius 2 is 1.83 bits per heavy atom. The van der Waals surface area contributed by atoms with E-state index in [1.54, 1.807) is 12.1 Å². The summed E-state index contributed by atoms with van der Waals surface area (Å²) in [5, 5.41) is 30.8. The minimum atomic E-state index is -0.399. The number of rotatable bonds is 3. The van der Waals surface area contributed by atoms with Crippen LogP contribution in [0.2, 0.25) is 0 Å². The van der Waals surface area contributed by atoms with Gasteiger partial charge in [-0.1, -0.05) is 35.9 Å². The van der Waals surface area contributed by atoms with Gasteiger partial charge in [0.15, 0.2) is 0 Å². The van der Waals surface area contributed by atoms with Crippen LogP contribution in [0.5, 0.6) is 17.2 Å². The molecule has 0 saturated carbocycles. The summed E-state index contributed by atoms with van der Waals surface area (Å²) in [6.07, 6.45) is 5.26. The van der Waals surface area contributed by atoms with Gasteiger partial charge in [0.25, 0.3) is 0 Å². The van der Waals surface area contributed by atoms with E-state index in [1.165, 1.54) is 30.0 Å². The maximum atomic E-state index is 13.3. The summed E-state index contributed by atoms with van der Waals surface area (Å²) in [5.74, 6) is -0.465. The molecule has 0 radical (unpaired) electrons. The van der Waals surface area contributed by atoms with E-state index >= 15 is 0 Å². The number of aromatic hydroxyl groups is 3. The largest absolute Gasteiger partial charge is 0.508 e. The molecule has 5 heteroatoms. The van der Waals surface area contributed by atoms with Crippen molar-refractivity contribution in [3.05, 3.63) is 76.2 Å². The molecule has 154 valence electrons. The molecule has 3 aromatic rings. The van der Waals surface area contributed by atoms with Crippen LogP contribution in [0.3, 0.4) is 0 Å². The highest BCUT2D eigenvalue weighted by Crippen LogP contribution is 2.47. The van der Waals surface area contributed by atoms with Gasteiger partial charge in [0, 0.05) is 17.5 Å². The quantitative estimate of drug-likeness (QED) is 0.495. The lowest BCUT2D eigenvalue weighted by Crippen LogP contribution is -2.18. The Kier molecular flexibility index (Phi) is 4.90. The number of benzene rings is 2. The average Bonchev–Trinajstić information content (AvgIpc) is 2.68. The molecular formula is C25H24O5. The van der Waals surface area contributed by atoms with E-state index in [9.17, 15) is 20.1 Å². The van der Waals surface area contributed by atoms with Crippen molar-refractivity contribution in [2.75, 3.05) is 0 Å². The van der Waals surface area contributed by atoms with Crippen molar-refractivity contribution in [1.29, 1.82) is 0 Å². The number of phenolic OH excluding ortho intramolecular Hbond substituents is 3. The van der Waals surface area contributed by atoms with Crippen LogP contribution in [0.15, 0.2) is 69.6 Å². The van der Waals surface area contributed by atoms with Gasteiger partial charge < -0.3 is 19.7 Å². The average molecular weight is 404 g/mol. The number of phenols is 3. The van der Waals surface area contributed by atoms with Crippen molar-refractivity contribution in [3.63, 3.8) is 0 Å². The van der Waals surface area contributed by atoms with Gasteiger partial charge in [-0.25, -0.2) is 0 Å². The zero-order valence-corrected chi connectivity index (χ0v) is 17.0. The lowest BCUT2D eigenvalue weighted by atomic mass is 9.73. The highest BCUT2D eigenvalue weighted by atomic mass is 16.3. The van der Waals surface area contributed by atoms with Crippen LogP contribution >= 0.6 is 0 Å². The predicted molar refractivity (Wildman–Crippen MR) is 117 cm³/mol. The highest BCUT2D eigenvalue weighted by Gasteiger charge is 2.31. The zero-order chi connectivity index (χ0) is 21.6. The van der Waals surface area contributed by atoms with E-state index in [4.69, 9.17) is 4.42 Å². The Balaban J connectivity index is 1.99. The molecule has 1 aromatic heterocycles. The van der Waals surface area contributed by atoms with Crippen LogP contribution in [-0.4, -0.2) is 15.3 Å². The molecule has 1 aliphatic carbocycles. The SMILES string of the molecule is C=C(C)C1CCC(C)=C[C@H]1c1c(O)cc(O)c2c(=O)c(-c3ccc(O)cc3)coc12. The number of fused-ring (bicyclic) bond motifs is 1. The molecule has 1 aliphatic rings. The second-order valence-corrected chi connectivity index (χ2v) is 8.09. The normalized spacial score (nSPS) is 18.9. The second kappa shape index (κ2) is 7.41. The minimum absolute atomic E-state index is 0.0328. The summed E-state index contributed by atoms with van der Waals surface area (Å²) in [5.41, 5.74) is 3.29. The van der Waals surface area contributed by atoms with Gasteiger partial charge in [-0.05, 0) is 50.3 Å². The third-order valence-electron chi connectivity index (χ3n) is 5.94. The molecule has 2 atom stereocenters. The second-order valence-electron chi connectivity index (χ2n) is 8.09. The maximum absolute atomic E-state index is 13.3. The summed E-state index contributed by atoms with van der Waals surface area (Å²) in [7, 11) is 0. The summed E-state index contributed by atoms with van der Waals surface area (Å²) < 4.78 is 5.88. The Labute approximate surface area is 174 Å². The first kappa shape index (κ1) is 19.8. The first-order valence-electron chi connectivity index (χ1n) is 9.90. The molecule has 5 nitrogen and oxygen atoms in total. The van der Waals surface area contributed by atoms with Gasteiger partial charge in [-0.3, -0.25) is 4.79 Å². The molecule has 0 aliphatic heterocycles. The van der Waals surface area contributed by atoms with Crippen molar-refractivity contribution in [2.24, 2.45) is 5.92 Å². The standard InChI is InChI=1S/C25H24O5/c1-13(2)17-9-4-14(3)10-18(17)22-20(27)11-21(28)23-24(29)19(12-30-25(22)23)15-5-7-16(26)8-6-15/h5-8,10-12,17-18,26-28H,1,4,9H2,2-3H3/t17?,18-/m1/s1. The molecule has 0 saturated heterocycles. The Bertz CT molecular complexity index is 1230. The lowest BCUT2D eigenvalue weighted by Gasteiger charge is -2.31. The van der Waals surface area contributed by atoms with E-state index in [0.717, 1.165) is 18.4 Å². The molecule has 1 unspecified atom stereocenters. The molecule has 3 N–H and O–H groups in total. The molecule has 0 spiro atoms. The third-order valence-corrected chi connectivity index (χ3v) is 5.94. The van der Waals surface area contributed by atoms with E-state index in [1.807, 2.05) is 13.8 Å². The molecule has 1 heterocycles.